The summed E-state index contributed by atoms with van der Waals surface area (Å²) in [5.74, 6) is -0.819. The molecule has 0 saturated carbocycles. The number of nitrogens with zero attached hydrogens (tertiary/aromatic N) is 4. The van der Waals surface area contributed by atoms with Gasteiger partial charge in [0.1, 0.15) is 5.82 Å². The van der Waals surface area contributed by atoms with E-state index >= 15 is 0 Å². The number of fused-ring (bicyclic) bond motifs is 1. The monoisotopic (exact) mass is 482 g/mol. The van der Waals surface area contributed by atoms with Crippen molar-refractivity contribution in [1.82, 2.24) is 4.98 Å². The van der Waals surface area contributed by atoms with E-state index in [-0.39, 0.29) is 15.5 Å². The van der Waals surface area contributed by atoms with Crippen molar-refractivity contribution in [2.45, 2.75) is 26.2 Å². The number of hydrazone groups is 1. The third kappa shape index (κ3) is 4.96. The number of nitro groups is 1. The number of anilines is 1. The Balaban J connectivity index is 1.73. The number of carbonyl (C=O) groups excluding carboxylic acids is 1. The molecule has 0 fully saturated rings. The van der Waals surface area contributed by atoms with E-state index in [1.54, 1.807) is 18.2 Å². The first-order chi connectivity index (χ1) is 15.6. The Morgan fingerprint density at radius 3 is 2.48 bits per heavy atom. The SMILES string of the molecule is CC(C)(C)c1ccc(C(=O)N(/N=C/c2ccc([N+](=O)[O-])s2)c2nc3ccc(F)cc3s2)cc1. The number of benzene rings is 2. The Labute approximate surface area is 197 Å². The van der Waals surface area contributed by atoms with E-state index in [0.717, 1.165) is 33.2 Å². The van der Waals surface area contributed by atoms with Gasteiger partial charge in [-0.15, -0.1) is 0 Å². The van der Waals surface area contributed by atoms with Crippen LogP contribution in [0.25, 0.3) is 10.2 Å². The molecular formula is C23H19FN4O3S2. The van der Waals surface area contributed by atoms with Crippen LogP contribution in [0.3, 0.4) is 0 Å². The maximum atomic E-state index is 13.7. The van der Waals surface area contributed by atoms with Crippen LogP contribution in [0.2, 0.25) is 0 Å². The fourth-order valence-corrected chi connectivity index (χ4v) is 4.66. The van der Waals surface area contributed by atoms with Gasteiger partial charge >= 0.3 is 5.00 Å². The summed E-state index contributed by atoms with van der Waals surface area (Å²) in [4.78, 5) is 28.8. The number of amides is 1. The topological polar surface area (TPSA) is 88.7 Å². The number of aromatic nitrogens is 1. The standard InChI is InChI=1S/C23H19FN4O3S2/c1-23(2,3)15-6-4-14(5-7-15)21(29)27(25-13-17-9-11-20(32-17)28(30)31)22-26-18-10-8-16(24)12-19(18)33-22/h4-13H,1-3H3/b25-13+. The number of thiazole rings is 1. The fraction of sp³-hybridized carbons (Fsp3) is 0.174. The summed E-state index contributed by atoms with van der Waals surface area (Å²) in [5, 5.41) is 16.6. The molecule has 0 radical (unpaired) electrons. The molecule has 2 aromatic carbocycles. The molecule has 0 aliphatic carbocycles. The Kier molecular flexibility index (Phi) is 6.05. The molecule has 2 aromatic heterocycles. The highest BCUT2D eigenvalue weighted by Crippen LogP contribution is 2.31. The van der Waals surface area contributed by atoms with E-state index < -0.39 is 16.6 Å². The zero-order valence-corrected chi connectivity index (χ0v) is 19.6. The van der Waals surface area contributed by atoms with Crippen molar-refractivity contribution in [1.29, 1.82) is 0 Å². The van der Waals surface area contributed by atoms with E-state index in [0.29, 0.717) is 20.7 Å². The van der Waals surface area contributed by atoms with Crippen LogP contribution in [0.15, 0.2) is 59.7 Å². The third-order valence-corrected chi connectivity index (χ3v) is 6.77. The first-order valence-electron chi connectivity index (χ1n) is 9.91. The molecular weight excluding hydrogens is 463 g/mol. The molecule has 0 aliphatic rings. The van der Waals surface area contributed by atoms with Crippen LogP contribution < -0.4 is 5.01 Å². The molecule has 0 unspecified atom stereocenters. The highest BCUT2D eigenvalue weighted by molar-refractivity contribution is 7.22. The number of rotatable bonds is 5. The molecule has 0 spiro atoms. The predicted molar refractivity (Wildman–Crippen MR) is 130 cm³/mol. The van der Waals surface area contributed by atoms with Crippen LogP contribution in [0, 0.1) is 15.9 Å². The van der Waals surface area contributed by atoms with Gasteiger partial charge in [0, 0.05) is 11.6 Å². The maximum absolute atomic E-state index is 13.7. The van der Waals surface area contributed by atoms with Gasteiger partial charge in [-0.05, 0) is 47.4 Å². The lowest BCUT2D eigenvalue weighted by Gasteiger charge is -2.19. The Hall–Kier alpha value is -3.50. The number of thiophene rings is 1. The van der Waals surface area contributed by atoms with Gasteiger partial charge < -0.3 is 0 Å². The second kappa shape index (κ2) is 8.80. The molecule has 0 N–H and O–H groups in total. The van der Waals surface area contributed by atoms with Crippen molar-refractivity contribution >= 4 is 55.1 Å². The fourth-order valence-electron chi connectivity index (χ4n) is 3.03. The van der Waals surface area contributed by atoms with Crippen molar-refractivity contribution in [2.75, 3.05) is 5.01 Å². The number of hydrogen-bond acceptors (Lipinski definition) is 7. The minimum absolute atomic E-state index is 0.0254. The number of carbonyl (C=O) groups is 1. The van der Waals surface area contributed by atoms with E-state index in [1.165, 1.54) is 30.5 Å². The zero-order chi connectivity index (χ0) is 23.8. The minimum atomic E-state index is -0.482. The molecule has 168 valence electrons. The van der Waals surface area contributed by atoms with Crippen LogP contribution in [-0.2, 0) is 5.41 Å². The molecule has 0 atom stereocenters. The third-order valence-electron chi connectivity index (χ3n) is 4.80. The van der Waals surface area contributed by atoms with E-state index in [2.05, 4.69) is 30.9 Å². The molecule has 4 rings (SSSR count). The molecule has 0 bridgehead atoms. The second-order valence-corrected chi connectivity index (χ2v) is 10.3. The maximum Gasteiger partial charge on any atom is 0.324 e. The first kappa shape index (κ1) is 22.7. The quantitative estimate of drug-likeness (QED) is 0.187. The van der Waals surface area contributed by atoms with Crippen LogP contribution in [0.5, 0.6) is 0 Å². The van der Waals surface area contributed by atoms with Gasteiger partial charge in [-0.3, -0.25) is 14.9 Å². The van der Waals surface area contributed by atoms with Gasteiger partial charge in [0.15, 0.2) is 0 Å². The summed E-state index contributed by atoms with van der Waals surface area (Å²) in [6.07, 6.45) is 1.38. The predicted octanol–water partition coefficient (Wildman–Crippen LogP) is 6.38. The Bertz CT molecular complexity index is 1370. The van der Waals surface area contributed by atoms with E-state index in [4.69, 9.17) is 0 Å². The second-order valence-electron chi connectivity index (χ2n) is 8.23. The summed E-state index contributed by atoms with van der Waals surface area (Å²) in [7, 11) is 0. The average Bonchev–Trinajstić information content (AvgIpc) is 3.40. The van der Waals surface area contributed by atoms with Crippen LogP contribution in [-0.4, -0.2) is 22.0 Å². The Morgan fingerprint density at radius 2 is 1.85 bits per heavy atom. The van der Waals surface area contributed by atoms with Crippen molar-refractivity contribution in [2.24, 2.45) is 5.10 Å². The first-order valence-corrected chi connectivity index (χ1v) is 11.5. The zero-order valence-electron chi connectivity index (χ0n) is 18.0. The molecule has 10 heteroatoms. The summed E-state index contributed by atoms with van der Waals surface area (Å²) in [6.45, 7) is 6.25. The van der Waals surface area contributed by atoms with Crippen LogP contribution >= 0.6 is 22.7 Å². The lowest BCUT2D eigenvalue weighted by atomic mass is 9.87. The van der Waals surface area contributed by atoms with Crippen LogP contribution in [0.4, 0.5) is 14.5 Å². The van der Waals surface area contributed by atoms with Crippen molar-refractivity contribution in [3.05, 3.63) is 86.5 Å². The summed E-state index contributed by atoms with van der Waals surface area (Å²) in [5.41, 5.74) is 1.96. The van der Waals surface area contributed by atoms with Gasteiger partial charge in [0.05, 0.1) is 26.2 Å². The van der Waals surface area contributed by atoms with Crippen molar-refractivity contribution in [3.8, 4) is 0 Å². The molecule has 7 nitrogen and oxygen atoms in total. The highest BCUT2D eigenvalue weighted by Gasteiger charge is 2.22. The lowest BCUT2D eigenvalue weighted by molar-refractivity contribution is -0.380. The van der Waals surface area contributed by atoms with Crippen molar-refractivity contribution in [3.63, 3.8) is 0 Å². The van der Waals surface area contributed by atoms with Crippen LogP contribution in [0.1, 0.15) is 41.6 Å². The normalized spacial score (nSPS) is 11.9. The molecule has 1 amide bonds. The van der Waals surface area contributed by atoms with Gasteiger partial charge in [0.2, 0.25) is 5.13 Å². The number of hydrogen-bond donors (Lipinski definition) is 0. The smallest absolute Gasteiger partial charge is 0.267 e. The van der Waals surface area contributed by atoms with Gasteiger partial charge in [0.25, 0.3) is 5.91 Å². The van der Waals surface area contributed by atoms with Crippen molar-refractivity contribution < 1.29 is 14.1 Å². The summed E-state index contributed by atoms with van der Waals surface area (Å²) < 4.78 is 14.2. The van der Waals surface area contributed by atoms with Gasteiger partial charge in [-0.2, -0.15) is 10.1 Å². The van der Waals surface area contributed by atoms with Gasteiger partial charge in [-0.25, -0.2) is 9.37 Å². The summed E-state index contributed by atoms with van der Waals surface area (Å²) in [6, 6.07) is 14.4. The molecule has 0 aliphatic heterocycles. The highest BCUT2D eigenvalue weighted by atomic mass is 32.1. The molecule has 4 aromatic rings. The molecule has 2 heterocycles. The van der Waals surface area contributed by atoms with E-state index in [1.807, 2.05) is 12.1 Å². The average molecular weight is 483 g/mol. The Morgan fingerprint density at radius 1 is 1.12 bits per heavy atom. The minimum Gasteiger partial charge on any atom is -0.267 e. The molecule has 0 saturated heterocycles. The number of halogens is 1. The largest absolute Gasteiger partial charge is 0.324 e. The molecule has 33 heavy (non-hydrogen) atoms. The van der Waals surface area contributed by atoms with E-state index in [9.17, 15) is 19.3 Å². The van der Waals surface area contributed by atoms with Gasteiger partial charge in [-0.1, -0.05) is 55.6 Å². The lowest BCUT2D eigenvalue weighted by Crippen LogP contribution is -2.25. The summed E-state index contributed by atoms with van der Waals surface area (Å²) >= 11 is 2.08.